The van der Waals surface area contributed by atoms with Crippen molar-refractivity contribution in [2.45, 2.75) is 30.8 Å². The summed E-state index contributed by atoms with van der Waals surface area (Å²) in [6, 6.07) is 0. The Balaban J connectivity index is 1.40. The molecule has 27 heavy (non-hydrogen) atoms. The molecule has 1 aliphatic carbocycles. The Morgan fingerprint density at radius 3 is 2.78 bits per heavy atom. The van der Waals surface area contributed by atoms with E-state index >= 15 is 0 Å². The molecule has 1 aliphatic heterocycles. The van der Waals surface area contributed by atoms with Gasteiger partial charge in [-0.3, -0.25) is 14.5 Å². The third-order valence-corrected chi connectivity index (χ3v) is 7.32. The van der Waals surface area contributed by atoms with Crippen LogP contribution in [0.15, 0.2) is 9.95 Å². The number of fused-ring (bicyclic) bond motifs is 3. The summed E-state index contributed by atoms with van der Waals surface area (Å²) in [4.78, 5) is 38.6. The van der Waals surface area contributed by atoms with Crippen LogP contribution in [0.1, 0.15) is 23.3 Å². The maximum atomic E-state index is 12.6. The average Bonchev–Trinajstić information content (AvgIpc) is 3.06. The highest BCUT2D eigenvalue weighted by molar-refractivity contribution is 7.99. The van der Waals surface area contributed by atoms with Crippen LogP contribution in [0.4, 0.5) is 0 Å². The highest BCUT2D eigenvalue weighted by Gasteiger charge is 2.22. The lowest BCUT2D eigenvalue weighted by atomic mass is 9.97. The van der Waals surface area contributed by atoms with Crippen molar-refractivity contribution in [2.24, 2.45) is 0 Å². The first kappa shape index (κ1) is 18.9. The van der Waals surface area contributed by atoms with E-state index < -0.39 is 0 Å². The molecule has 0 unspecified atom stereocenters. The summed E-state index contributed by atoms with van der Waals surface area (Å²) in [5.74, 6) is 0.344. The van der Waals surface area contributed by atoms with E-state index in [0.717, 1.165) is 42.6 Å². The van der Waals surface area contributed by atoms with Crippen LogP contribution in [0.25, 0.3) is 10.2 Å². The number of aryl methyl sites for hydroxylation is 2. The molecule has 146 valence electrons. The fourth-order valence-electron chi connectivity index (χ4n) is 3.80. The van der Waals surface area contributed by atoms with Crippen molar-refractivity contribution in [3.8, 4) is 0 Å². The van der Waals surface area contributed by atoms with Gasteiger partial charge in [-0.2, -0.15) is 0 Å². The number of carbonyl (C=O) groups excluding carboxylic acids is 1. The Labute approximate surface area is 165 Å². The van der Waals surface area contributed by atoms with Crippen molar-refractivity contribution in [3.63, 3.8) is 0 Å². The summed E-state index contributed by atoms with van der Waals surface area (Å²) >= 11 is 2.93. The summed E-state index contributed by atoms with van der Waals surface area (Å²) in [7, 11) is 0. The maximum absolute atomic E-state index is 12.6. The van der Waals surface area contributed by atoms with E-state index in [1.54, 1.807) is 11.3 Å². The highest BCUT2D eigenvalue weighted by atomic mass is 32.2. The quantitative estimate of drug-likeness (QED) is 0.569. The molecule has 0 radical (unpaired) electrons. The van der Waals surface area contributed by atoms with Gasteiger partial charge in [-0.05, 0) is 31.2 Å². The largest absolute Gasteiger partial charge is 0.395 e. The number of H-pyrrole nitrogens is 1. The van der Waals surface area contributed by atoms with Crippen LogP contribution in [0.5, 0.6) is 0 Å². The molecule has 2 N–H and O–H groups in total. The topological polar surface area (TPSA) is 89.5 Å². The maximum Gasteiger partial charge on any atom is 0.260 e. The van der Waals surface area contributed by atoms with Gasteiger partial charge in [0.15, 0.2) is 5.16 Å². The molecule has 3 heterocycles. The third kappa shape index (κ3) is 4.06. The molecular weight excluding hydrogens is 384 g/mol. The zero-order chi connectivity index (χ0) is 18.8. The normalized spacial score (nSPS) is 18.0. The first-order chi connectivity index (χ1) is 13.2. The highest BCUT2D eigenvalue weighted by Crippen LogP contribution is 2.34. The minimum Gasteiger partial charge on any atom is -0.395 e. The zero-order valence-electron chi connectivity index (χ0n) is 15.2. The number of hydrogen-bond donors (Lipinski definition) is 2. The van der Waals surface area contributed by atoms with Crippen molar-refractivity contribution in [1.82, 2.24) is 19.8 Å². The number of piperazine rings is 1. The van der Waals surface area contributed by atoms with Gasteiger partial charge < -0.3 is 15.0 Å². The molecule has 0 bridgehead atoms. The Morgan fingerprint density at radius 1 is 1.22 bits per heavy atom. The minimum atomic E-state index is -0.0769. The standard InChI is InChI=1S/C18H24N4O3S2/c23-10-9-21-5-7-22(8-6-21)14(24)11-26-18-19-16(25)15-12-3-1-2-4-13(12)27-17(15)20-18/h23H,1-11H2,(H,19,20,25). The second-order valence-electron chi connectivity index (χ2n) is 7.00. The summed E-state index contributed by atoms with van der Waals surface area (Å²) in [5.41, 5.74) is 1.11. The van der Waals surface area contributed by atoms with Crippen LogP contribution in [0.2, 0.25) is 0 Å². The van der Waals surface area contributed by atoms with Crippen LogP contribution in [-0.4, -0.2) is 75.9 Å². The number of thioether (sulfide) groups is 1. The summed E-state index contributed by atoms with van der Waals surface area (Å²) in [6.45, 7) is 3.75. The number of aromatic nitrogens is 2. The second kappa shape index (κ2) is 8.30. The number of β-amino-alcohol motifs (C(OH)–C–C–N with tert-alkyl or cyclic N) is 1. The number of hydrogen-bond acceptors (Lipinski definition) is 7. The fourth-order valence-corrected chi connectivity index (χ4v) is 5.88. The fraction of sp³-hybridized carbons (Fsp3) is 0.611. The van der Waals surface area contributed by atoms with Gasteiger partial charge >= 0.3 is 0 Å². The van der Waals surface area contributed by atoms with Gasteiger partial charge in [0, 0.05) is 37.6 Å². The van der Waals surface area contributed by atoms with Gasteiger partial charge in [0.1, 0.15) is 4.83 Å². The van der Waals surface area contributed by atoms with Crippen molar-refractivity contribution < 1.29 is 9.90 Å². The van der Waals surface area contributed by atoms with Gasteiger partial charge in [0.25, 0.3) is 5.56 Å². The number of amides is 1. The van der Waals surface area contributed by atoms with Crippen molar-refractivity contribution >= 4 is 39.2 Å². The van der Waals surface area contributed by atoms with Gasteiger partial charge in [-0.1, -0.05) is 11.8 Å². The SMILES string of the molecule is O=C(CSc1nc2sc3c(c2c(=O)[nH]1)CCCC3)N1CCN(CCO)CC1. The first-order valence-corrected chi connectivity index (χ1v) is 11.2. The molecular formula is C18H24N4O3S2. The molecule has 1 saturated heterocycles. The lowest BCUT2D eigenvalue weighted by molar-refractivity contribution is -0.130. The molecule has 4 rings (SSSR count). The van der Waals surface area contributed by atoms with E-state index in [9.17, 15) is 9.59 Å². The van der Waals surface area contributed by atoms with Crippen LogP contribution < -0.4 is 5.56 Å². The molecule has 1 amide bonds. The van der Waals surface area contributed by atoms with Gasteiger partial charge in [-0.25, -0.2) is 4.98 Å². The van der Waals surface area contributed by atoms with Crippen molar-refractivity contribution in [2.75, 3.05) is 45.1 Å². The van der Waals surface area contributed by atoms with Crippen LogP contribution >= 0.6 is 23.1 Å². The van der Waals surface area contributed by atoms with Gasteiger partial charge in [0.2, 0.25) is 5.91 Å². The number of aromatic amines is 1. The van der Waals surface area contributed by atoms with Crippen molar-refractivity contribution in [1.29, 1.82) is 0 Å². The Bertz CT molecular complexity index is 887. The zero-order valence-corrected chi connectivity index (χ0v) is 16.8. The first-order valence-electron chi connectivity index (χ1n) is 9.44. The van der Waals surface area contributed by atoms with E-state index in [1.165, 1.54) is 28.6 Å². The lowest BCUT2D eigenvalue weighted by Crippen LogP contribution is -2.49. The number of nitrogens with zero attached hydrogens (tertiary/aromatic N) is 3. The summed E-state index contributed by atoms with van der Waals surface area (Å²) < 4.78 is 0. The molecule has 2 aromatic heterocycles. The Kier molecular flexibility index (Phi) is 5.82. The van der Waals surface area contributed by atoms with Gasteiger partial charge in [0.05, 0.1) is 17.7 Å². The molecule has 0 saturated carbocycles. The van der Waals surface area contributed by atoms with Crippen LogP contribution in [0, 0.1) is 0 Å². The summed E-state index contributed by atoms with van der Waals surface area (Å²) in [5, 5.41) is 10.3. The number of aliphatic hydroxyl groups is 1. The predicted octanol–water partition coefficient (Wildman–Crippen LogP) is 1.09. The van der Waals surface area contributed by atoms with E-state index in [-0.39, 0.29) is 23.8 Å². The van der Waals surface area contributed by atoms with Crippen molar-refractivity contribution in [3.05, 3.63) is 20.8 Å². The number of nitrogens with one attached hydrogen (secondary N) is 1. The molecule has 0 atom stereocenters. The molecule has 2 aromatic rings. The molecule has 2 aliphatic rings. The Hall–Kier alpha value is -1.42. The van der Waals surface area contributed by atoms with E-state index in [2.05, 4.69) is 14.9 Å². The molecule has 9 heteroatoms. The predicted molar refractivity (Wildman–Crippen MR) is 108 cm³/mol. The number of carbonyl (C=O) groups is 1. The molecule has 0 aromatic carbocycles. The number of rotatable bonds is 5. The van der Waals surface area contributed by atoms with Crippen LogP contribution in [0.3, 0.4) is 0 Å². The minimum absolute atomic E-state index is 0.0665. The van der Waals surface area contributed by atoms with E-state index in [0.29, 0.717) is 24.8 Å². The van der Waals surface area contributed by atoms with Crippen LogP contribution in [-0.2, 0) is 17.6 Å². The molecule has 0 spiro atoms. The monoisotopic (exact) mass is 408 g/mol. The lowest BCUT2D eigenvalue weighted by Gasteiger charge is -2.34. The molecule has 1 fully saturated rings. The smallest absolute Gasteiger partial charge is 0.260 e. The molecule has 7 nitrogen and oxygen atoms in total. The number of aliphatic hydroxyl groups excluding tert-OH is 1. The van der Waals surface area contributed by atoms with E-state index in [4.69, 9.17) is 5.11 Å². The Morgan fingerprint density at radius 2 is 2.00 bits per heavy atom. The average molecular weight is 409 g/mol. The number of thiophene rings is 1. The second-order valence-corrected chi connectivity index (χ2v) is 9.04. The summed E-state index contributed by atoms with van der Waals surface area (Å²) in [6.07, 6.45) is 4.32. The third-order valence-electron chi connectivity index (χ3n) is 5.28. The van der Waals surface area contributed by atoms with E-state index in [1.807, 2.05) is 4.90 Å². The van der Waals surface area contributed by atoms with Gasteiger partial charge in [-0.15, -0.1) is 11.3 Å².